The summed E-state index contributed by atoms with van der Waals surface area (Å²) >= 11 is 3.14. The zero-order chi connectivity index (χ0) is 30.9. The Morgan fingerprint density at radius 2 is 1.82 bits per heavy atom. The third-order valence-electron chi connectivity index (χ3n) is 7.01. The Hall–Kier alpha value is -3.81. The van der Waals surface area contributed by atoms with Crippen LogP contribution in [0.25, 0.3) is 0 Å². The van der Waals surface area contributed by atoms with Crippen LogP contribution in [0.15, 0.2) is 83.2 Å². The fourth-order valence-corrected chi connectivity index (χ4v) is 6.66. The van der Waals surface area contributed by atoms with Crippen LogP contribution in [-0.4, -0.2) is 52.3 Å². The highest BCUT2D eigenvalue weighted by atomic mass is 32.2. The zero-order valence-corrected chi connectivity index (χ0v) is 26.0. The van der Waals surface area contributed by atoms with Gasteiger partial charge in [-0.2, -0.15) is 0 Å². The molecule has 2 amide bonds. The number of hydrogen-bond acceptors (Lipinski definition) is 10. The summed E-state index contributed by atoms with van der Waals surface area (Å²) in [4.78, 5) is 25.4. The van der Waals surface area contributed by atoms with E-state index in [1.165, 1.54) is 7.11 Å². The van der Waals surface area contributed by atoms with E-state index >= 15 is 0 Å². The van der Waals surface area contributed by atoms with Crippen LogP contribution >= 0.6 is 23.1 Å². The average molecular weight is 635 g/mol. The van der Waals surface area contributed by atoms with E-state index in [4.69, 9.17) is 14.2 Å². The Labute approximate surface area is 264 Å². The summed E-state index contributed by atoms with van der Waals surface area (Å²) in [5.41, 5.74) is 3.95. The molecule has 0 spiro atoms. The molecule has 0 saturated carbocycles. The number of amides is 2. The van der Waals surface area contributed by atoms with Gasteiger partial charge in [-0.05, 0) is 35.7 Å². The van der Waals surface area contributed by atoms with Crippen molar-refractivity contribution in [3.05, 3.63) is 106 Å². The molecule has 1 fully saturated rings. The first-order valence-electron chi connectivity index (χ1n) is 14.1. The smallest absolute Gasteiger partial charge is 0.328 e. The van der Waals surface area contributed by atoms with Crippen molar-refractivity contribution in [2.24, 2.45) is 0 Å². The maximum atomic E-state index is 13.0. The van der Waals surface area contributed by atoms with E-state index in [9.17, 15) is 14.7 Å². The molecule has 44 heavy (non-hydrogen) atoms. The summed E-state index contributed by atoms with van der Waals surface area (Å²) in [6.07, 6.45) is -0.164. The maximum absolute atomic E-state index is 13.0. The molecule has 0 unspecified atom stereocenters. The number of aromatic nitrogens is 2. The van der Waals surface area contributed by atoms with Gasteiger partial charge in [-0.25, -0.2) is 9.59 Å². The molecule has 1 aliphatic rings. The lowest BCUT2D eigenvalue weighted by Gasteiger charge is -2.36. The zero-order valence-electron chi connectivity index (χ0n) is 24.3. The Morgan fingerprint density at radius 1 is 1.02 bits per heavy atom. The number of aliphatic hydroxyl groups excluding tert-OH is 1. The molecular formula is C32H34N4O6S2. The SMILES string of the molecule is COC(=O)[C@H](Cc1ccccc1)NC(=O)Nc1cccc([C@@H]2O[C@H](CSc3nnc(C)s3)C[C@H](c3ccc(CO)cc3)O2)c1. The highest BCUT2D eigenvalue weighted by Gasteiger charge is 2.33. The molecule has 1 aromatic heterocycles. The molecule has 0 bridgehead atoms. The van der Waals surface area contributed by atoms with Gasteiger partial charge in [-0.3, -0.25) is 0 Å². The van der Waals surface area contributed by atoms with Gasteiger partial charge in [-0.1, -0.05) is 89.8 Å². The van der Waals surface area contributed by atoms with Crippen molar-refractivity contribution in [2.45, 2.75) is 55.3 Å². The number of aliphatic hydroxyl groups is 1. The number of aryl methyl sites for hydroxylation is 1. The first-order chi connectivity index (χ1) is 21.4. The summed E-state index contributed by atoms with van der Waals surface area (Å²) in [7, 11) is 1.29. The summed E-state index contributed by atoms with van der Waals surface area (Å²) in [6.45, 7) is 1.90. The van der Waals surface area contributed by atoms with Crippen LogP contribution in [0.4, 0.5) is 10.5 Å². The third-order valence-corrected chi connectivity index (χ3v) is 9.11. The van der Waals surface area contributed by atoms with Crippen molar-refractivity contribution in [2.75, 3.05) is 18.2 Å². The predicted octanol–water partition coefficient (Wildman–Crippen LogP) is 5.58. The van der Waals surface area contributed by atoms with Crippen LogP contribution < -0.4 is 10.6 Å². The second kappa shape index (κ2) is 15.3. The van der Waals surface area contributed by atoms with E-state index in [1.54, 1.807) is 35.2 Å². The molecule has 230 valence electrons. The van der Waals surface area contributed by atoms with Crippen molar-refractivity contribution in [1.29, 1.82) is 0 Å². The largest absolute Gasteiger partial charge is 0.467 e. The number of benzene rings is 3. The van der Waals surface area contributed by atoms with Gasteiger partial charge in [0.25, 0.3) is 0 Å². The van der Waals surface area contributed by atoms with Gasteiger partial charge in [0.05, 0.1) is 25.9 Å². The van der Waals surface area contributed by atoms with Gasteiger partial charge in [0.1, 0.15) is 11.0 Å². The minimum Gasteiger partial charge on any atom is -0.467 e. The lowest BCUT2D eigenvalue weighted by atomic mass is 10.0. The number of methoxy groups -OCH3 is 1. The van der Waals surface area contributed by atoms with Crippen molar-refractivity contribution in [3.8, 4) is 0 Å². The van der Waals surface area contributed by atoms with Gasteiger partial charge in [0, 0.05) is 29.8 Å². The van der Waals surface area contributed by atoms with Crippen LogP contribution in [0.3, 0.4) is 0 Å². The molecule has 0 aliphatic carbocycles. The maximum Gasteiger partial charge on any atom is 0.328 e. The normalized spacial score (nSPS) is 18.8. The second-order valence-electron chi connectivity index (χ2n) is 10.2. The molecule has 12 heteroatoms. The van der Waals surface area contributed by atoms with E-state index in [0.717, 1.165) is 31.6 Å². The number of rotatable bonds is 11. The van der Waals surface area contributed by atoms with E-state index in [1.807, 2.05) is 73.7 Å². The molecule has 1 saturated heterocycles. The van der Waals surface area contributed by atoms with Crippen molar-refractivity contribution < 1.29 is 28.9 Å². The van der Waals surface area contributed by atoms with E-state index < -0.39 is 24.3 Å². The van der Waals surface area contributed by atoms with Crippen LogP contribution in [-0.2, 0) is 32.0 Å². The fourth-order valence-electron chi connectivity index (χ4n) is 4.80. The molecule has 0 radical (unpaired) electrons. The third kappa shape index (κ3) is 8.64. The van der Waals surface area contributed by atoms with Gasteiger partial charge in [0.2, 0.25) is 0 Å². The Bertz CT molecular complexity index is 1540. The second-order valence-corrected chi connectivity index (χ2v) is 12.7. The van der Waals surface area contributed by atoms with Gasteiger partial charge in [0.15, 0.2) is 10.6 Å². The molecule has 10 nitrogen and oxygen atoms in total. The molecule has 4 aromatic rings. The van der Waals surface area contributed by atoms with Gasteiger partial charge in [-0.15, -0.1) is 10.2 Å². The minimum atomic E-state index is -0.858. The summed E-state index contributed by atoms with van der Waals surface area (Å²) in [5.74, 6) is 0.128. The number of hydrogen-bond donors (Lipinski definition) is 3. The van der Waals surface area contributed by atoms with E-state index in [0.29, 0.717) is 24.3 Å². The topological polar surface area (TPSA) is 132 Å². The molecule has 5 rings (SSSR count). The van der Waals surface area contributed by atoms with Crippen LogP contribution in [0.1, 0.15) is 46.1 Å². The Balaban J connectivity index is 1.29. The summed E-state index contributed by atoms with van der Waals surface area (Å²) in [6, 6.07) is 23.0. The number of ether oxygens (including phenoxy) is 3. The van der Waals surface area contributed by atoms with Gasteiger partial charge >= 0.3 is 12.0 Å². The number of nitrogens with zero attached hydrogens (tertiary/aromatic N) is 2. The number of carbonyl (C=O) groups is 2. The Kier molecular flexibility index (Phi) is 11.0. The van der Waals surface area contributed by atoms with E-state index in [-0.39, 0.29) is 18.8 Å². The Morgan fingerprint density at radius 3 is 2.52 bits per heavy atom. The van der Waals surface area contributed by atoms with Crippen LogP contribution in [0.5, 0.6) is 0 Å². The minimum absolute atomic E-state index is 0.0297. The molecular weight excluding hydrogens is 601 g/mol. The fraction of sp³-hybridized carbons (Fsp3) is 0.312. The number of esters is 1. The van der Waals surface area contributed by atoms with Gasteiger partial charge < -0.3 is 30.0 Å². The first kappa shape index (κ1) is 31.6. The standard InChI is InChI=1S/C32H34N4O6S2/c1-20-35-36-32(44-20)43-19-26-17-28(23-13-11-22(18-37)12-14-23)42-30(41-26)24-9-6-10-25(16-24)33-31(39)34-27(29(38)40-2)15-21-7-4-3-5-8-21/h3-14,16,26-28,30,37H,15,17-19H2,1-2H3,(H2,33,34,39)/t26-,27-,28+,30+/m0/s1. The number of nitrogens with one attached hydrogen (secondary N) is 2. The highest BCUT2D eigenvalue weighted by molar-refractivity contribution is 8.01. The van der Waals surface area contributed by atoms with Crippen LogP contribution in [0.2, 0.25) is 0 Å². The van der Waals surface area contributed by atoms with Crippen molar-refractivity contribution >= 4 is 40.8 Å². The highest BCUT2D eigenvalue weighted by Crippen LogP contribution is 2.40. The first-order valence-corrected chi connectivity index (χ1v) is 15.9. The average Bonchev–Trinajstić information content (AvgIpc) is 3.48. The molecule has 3 aromatic carbocycles. The summed E-state index contributed by atoms with van der Waals surface area (Å²) < 4.78 is 18.7. The quantitative estimate of drug-likeness (QED) is 0.143. The lowest BCUT2D eigenvalue weighted by molar-refractivity contribution is -0.245. The van der Waals surface area contributed by atoms with E-state index in [2.05, 4.69) is 20.8 Å². The number of thioether (sulfide) groups is 1. The van der Waals surface area contributed by atoms with Crippen LogP contribution in [0, 0.1) is 6.92 Å². The molecule has 4 atom stereocenters. The number of carbonyl (C=O) groups excluding carboxylic acids is 2. The predicted molar refractivity (Wildman–Crippen MR) is 168 cm³/mol. The van der Waals surface area contributed by atoms with Crippen molar-refractivity contribution in [3.63, 3.8) is 0 Å². The molecule has 2 heterocycles. The lowest BCUT2D eigenvalue weighted by Crippen LogP contribution is -2.45. The number of urea groups is 1. The molecule has 3 N–H and O–H groups in total. The molecule has 1 aliphatic heterocycles. The number of anilines is 1. The van der Waals surface area contributed by atoms with Crippen molar-refractivity contribution in [1.82, 2.24) is 15.5 Å². The summed E-state index contributed by atoms with van der Waals surface area (Å²) in [5, 5.41) is 24.3. The monoisotopic (exact) mass is 634 g/mol.